The lowest BCUT2D eigenvalue weighted by atomic mass is 10.2. The molecule has 2 nitrogen and oxygen atoms in total. The van der Waals surface area contributed by atoms with Crippen molar-refractivity contribution in [3.63, 3.8) is 0 Å². The van der Waals surface area contributed by atoms with Crippen molar-refractivity contribution in [1.29, 1.82) is 0 Å². The standard InChI is InChI=1S/C18H22O2/c1-3-16(4-2)20-18-13-9-8-12-17(18)19-14-15-10-6-5-7-11-15/h5-13,16H,3-4,14H2,1-2H3. The summed E-state index contributed by atoms with van der Waals surface area (Å²) in [5, 5.41) is 0. The molecule has 0 aromatic heterocycles. The number of hydrogen-bond donors (Lipinski definition) is 0. The zero-order valence-corrected chi connectivity index (χ0v) is 12.2. The molecule has 0 atom stereocenters. The van der Waals surface area contributed by atoms with E-state index in [1.165, 1.54) is 0 Å². The van der Waals surface area contributed by atoms with Crippen LogP contribution >= 0.6 is 0 Å². The second-order valence-corrected chi connectivity index (χ2v) is 4.78. The lowest BCUT2D eigenvalue weighted by Crippen LogP contribution is -2.14. The first-order valence-electron chi connectivity index (χ1n) is 7.25. The van der Waals surface area contributed by atoms with Crippen molar-refractivity contribution in [3.05, 3.63) is 60.2 Å². The quantitative estimate of drug-likeness (QED) is 0.717. The number of ether oxygens (including phenoxy) is 2. The van der Waals surface area contributed by atoms with E-state index in [1.54, 1.807) is 0 Å². The highest BCUT2D eigenvalue weighted by Crippen LogP contribution is 2.29. The molecule has 0 amide bonds. The topological polar surface area (TPSA) is 18.5 Å². The third kappa shape index (κ3) is 4.02. The molecule has 2 aromatic rings. The Balaban J connectivity index is 2.04. The molecule has 0 aliphatic heterocycles. The first-order chi connectivity index (χ1) is 9.83. The Hall–Kier alpha value is -1.96. The van der Waals surface area contributed by atoms with E-state index in [-0.39, 0.29) is 6.10 Å². The van der Waals surface area contributed by atoms with Crippen LogP contribution in [-0.4, -0.2) is 6.10 Å². The molecule has 0 aliphatic rings. The Morgan fingerprint density at radius 2 is 1.40 bits per heavy atom. The molecule has 106 valence electrons. The van der Waals surface area contributed by atoms with E-state index >= 15 is 0 Å². The molecule has 0 saturated carbocycles. The molecular formula is C18H22O2. The van der Waals surface area contributed by atoms with E-state index in [0.29, 0.717) is 6.61 Å². The molecular weight excluding hydrogens is 248 g/mol. The van der Waals surface area contributed by atoms with E-state index in [4.69, 9.17) is 9.47 Å². The van der Waals surface area contributed by atoms with Gasteiger partial charge in [0.25, 0.3) is 0 Å². The Kier molecular flexibility index (Phi) is 5.48. The molecule has 2 rings (SSSR count). The zero-order chi connectivity index (χ0) is 14.2. The van der Waals surface area contributed by atoms with Gasteiger partial charge in [-0.25, -0.2) is 0 Å². The first-order valence-corrected chi connectivity index (χ1v) is 7.25. The average Bonchev–Trinajstić information content (AvgIpc) is 2.52. The van der Waals surface area contributed by atoms with Gasteiger partial charge in [0.1, 0.15) is 6.61 Å². The molecule has 0 radical (unpaired) electrons. The summed E-state index contributed by atoms with van der Waals surface area (Å²) in [5.74, 6) is 1.64. The van der Waals surface area contributed by atoms with Crippen LogP contribution in [0.15, 0.2) is 54.6 Å². The molecule has 0 bridgehead atoms. The SMILES string of the molecule is CCC(CC)Oc1ccccc1OCc1ccccc1. The number of hydrogen-bond acceptors (Lipinski definition) is 2. The van der Waals surface area contributed by atoms with Gasteiger partial charge in [0.15, 0.2) is 11.5 Å². The second-order valence-electron chi connectivity index (χ2n) is 4.78. The molecule has 0 heterocycles. The van der Waals surface area contributed by atoms with Crippen molar-refractivity contribution < 1.29 is 9.47 Å². The van der Waals surface area contributed by atoms with Gasteiger partial charge in [-0.1, -0.05) is 56.3 Å². The van der Waals surface area contributed by atoms with Gasteiger partial charge in [0.05, 0.1) is 6.10 Å². The maximum absolute atomic E-state index is 6.01. The summed E-state index contributed by atoms with van der Waals surface area (Å²) in [6.07, 6.45) is 2.25. The lowest BCUT2D eigenvalue weighted by molar-refractivity contribution is 0.179. The third-order valence-electron chi connectivity index (χ3n) is 3.29. The fourth-order valence-electron chi connectivity index (χ4n) is 2.04. The molecule has 0 N–H and O–H groups in total. The molecule has 0 fully saturated rings. The minimum atomic E-state index is 0.247. The molecule has 20 heavy (non-hydrogen) atoms. The van der Waals surface area contributed by atoms with Gasteiger partial charge in [-0.05, 0) is 30.5 Å². The van der Waals surface area contributed by atoms with E-state index in [0.717, 1.165) is 29.9 Å². The Morgan fingerprint density at radius 3 is 2.05 bits per heavy atom. The van der Waals surface area contributed by atoms with Gasteiger partial charge < -0.3 is 9.47 Å². The summed E-state index contributed by atoms with van der Waals surface area (Å²) in [7, 11) is 0. The van der Waals surface area contributed by atoms with Gasteiger partial charge in [-0.3, -0.25) is 0 Å². The molecule has 2 aromatic carbocycles. The number of rotatable bonds is 7. The highest BCUT2D eigenvalue weighted by atomic mass is 16.5. The summed E-state index contributed by atoms with van der Waals surface area (Å²) >= 11 is 0. The maximum Gasteiger partial charge on any atom is 0.161 e. The maximum atomic E-state index is 6.01. The van der Waals surface area contributed by atoms with Crippen LogP contribution in [0.3, 0.4) is 0 Å². The first kappa shape index (κ1) is 14.4. The van der Waals surface area contributed by atoms with Crippen molar-refractivity contribution in [3.8, 4) is 11.5 Å². The Labute approximate surface area is 121 Å². The van der Waals surface area contributed by atoms with Crippen LogP contribution in [0, 0.1) is 0 Å². The average molecular weight is 270 g/mol. The van der Waals surface area contributed by atoms with Crippen molar-refractivity contribution in [2.24, 2.45) is 0 Å². The largest absolute Gasteiger partial charge is 0.487 e. The molecule has 0 aliphatic carbocycles. The van der Waals surface area contributed by atoms with E-state index in [9.17, 15) is 0 Å². The van der Waals surface area contributed by atoms with Crippen LogP contribution in [-0.2, 0) is 6.61 Å². The van der Waals surface area contributed by atoms with Gasteiger partial charge >= 0.3 is 0 Å². The molecule has 0 saturated heterocycles. The minimum Gasteiger partial charge on any atom is -0.487 e. The highest BCUT2D eigenvalue weighted by Gasteiger charge is 2.10. The van der Waals surface area contributed by atoms with Crippen LogP contribution in [0.5, 0.6) is 11.5 Å². The van der Waals surface area contributed by atoms with Gasteiger partial charge in [0.2, 0.25) is 0 Å². The van der Waals surface area contributed by atoms with Crippen LogP contribution in [0.4, 0.5) is 0 Å². The van der Waals surface area contributed by atoms with Crippen LogP contribution < -0.4 is 9.47 Å². The summed E-state index contributed by atoms with van der Waals surface area (Å²) in [5.41, 5.74) is 1.16. The summed E-state index contributed by atoms with van der Waals surface area (Å²) < 4.78 is 11.9. The van der Waals surface area contributed by atoms with Crippen LogP contribution in [0.1, 0.15) is 32.3 Å². The van der Waals surface area contributed by atoms with Crippen molar-refractivity contribution >= 4 is 0 Å². The van der Waals surface area contributed by atoms with E-state index in [1.807, 2.05) is 42.5 Å². The van der Waals surface area contributed by atoms with Crippen LogP contribution in [0.2, 0.25) is 0 Å². The molecule has 0 unspecified atom stereocenters. The summed E-state index contributed by atoms with van der Waals surface area (Å²) in [6.45, 7) is 4.84. The van der Waals surface area contributed by atoms with Gasteiger partial charge in [-0.2, -0.15) is 0 Å². The monoisotopic (exact) mass is 270 g/mol. The number of para-hydroxylation sites is 2. The Morgan fingerprint density at radius 1 is 0.800 bits per heavy atom. The van der Waals surface area contributed by atoms with Crippen molar-refractivity contribution in [2.45, 2.75) is 39.4 Å². The fraction of sp³-hybridized carbons (Fsp3) is 0.333. The van der Waals surface area contributed by atoms with Gasteiger partial charge in [0, 0.05) is 0 Å². The summed E-state index contributed by atoms with van der Waals surface area (Å²) in [6, 6.07) is 18.0. The second kappa shape index (κ2) is 7.59. The molecule has 0 spiro atoms. The van der Waals surface area contributed by atoms with E-state index in [2.05, 4.69) is 26.0 Å². The van der Waals surface area contributed by atoms with Gasteiger partial charge in [-0.15, -0.1) is 0 Å². The predicted molar refractivity (Wildman–Crippen MR) is 82.2 cm³/mol. The minimum absolute atomic E-state index is 0.247. The highest BCUT2D eigenvalue weighted by molar-refractivity contribution is 5.39. The molecule has 2 heteroatoms. The lowest BCUT2D eigenvalue weighted by Gasteiger charge is -2.18. The smallest absolute Gasteiger partial charge is 0.161 e. The third-order valence-corrected chi connectivity index (χ3v) is 3.29. The zero-order valence-electron chi connectivity index (χ0n) is 12.2. The normalized spacial score (nSPS) is 10.6. The predicted octanol–water partition coefficient (Wildman–Crippen LogP) is 4.83. The Bertz CT molecular complexity index is 504. The van der Waals surface area contributed by atoms with Crippen molar-refractivity contribution in [1.82, 2.24) is 0 Å². The van der Waals surface area contributed by atoms with Crippen LogP contribution in [0.25, 0.3) is 0 Å². The fourth-order valence-corrected chi connectivity index (χ4v) is 2.04. The summed E-state index contributed by atoms with van der Waals surface area (Å²) in [4.78, 5) is 0. The van der Waals surface area contributed by atoms with E-state index < -0.39 is 0 Å². The van der Waals surface area contributed by atoms with Crippen molar-refractivity contribution in [2.75, 3.05) is 0 Å². The number of benzene rings is 2.